The van der Waals surface area contributed by atoms with Crippen LogP contribution in [0.3, 0.4) is 0 Å². The molecule has 2 aliphatic rings. The average Bonchev–Trinajstić information content (AvgIpc) is 3.29. The van der Waals surface area contributed by atoms with E-state index in [0.29, 0.717) is 23.4 Å². The number of carbonyl (C=O) groups is 2. The number of amides is 2. The molecule has 1 aliphatic heterocycles. The van der Waals surface area contributed by atoms with Gasteiger partial charge in [-0.05, 0) is 91.0 Å². The van der Waals surface area contributed by atoms with Crippen molar-refractivity contribution >= 4 is 30.2 Å². The smallest absolute Gasteiger partial charge is 0.373 e. The summed E-state index contributed by atoms with van der Waals surface area (Å²) in [5, 5.41) is 16.5. The highest BCUT2D eigenvalue weighted by molar-refractivity contribution is 6.45. The second kappa shape index (κ2) is 12.0. The predicted molar refractivity (Wildman–Crippen MR) is 170 cm³/mol. The molecule has 42 heavy (non-hydrogen) atoms. The summed E-state index contributed by atoms with van der Waals surface area (Å²) < 4.78 is 0. The highest BCUT2D eigenvalue weighted by atomic mass is 16.2. The van der Waals surface area contributed by atoms with Crippen molar-refractivity contribution < 1.29 is 14.6 Å². The number of carbonyl (C=O) groups excluding carboxylic acids is 2. The zero-order chi connectivity index (χ0) is 29.1. The Hall–Kier alpha value is -4.20. The molecule has 4 aromatic carbocycles. The maximum atomic E-state index is 13.9. The van der Waals surface area contributed by atoms with Crippen LogP contribution in [0.4, 0.5) is 11.4 Å². The van der Waals surface area contributed by atoms with Crippen molar-refractivity contribution in [2.24, 2.45) is 5.41 Å². The summed E-state index contributed by atoms with van der Waals surface area (Å²) in [6.07, 6.45) is 4.97. The Morgan fingerprint density at radius 2 is 1.60 bits per heavy atom. The monoisotopic (exact) mass is 557 g/mol. The van der Waals surface area contributed by atoms with Gasteiger partial charge in [-0.25, -0.2) is 0 Å². The van der Waals surface area contributed by atoms with Crippen molar-refractivity contribution in [2.75, 3.05) is 16.8 Å². The van der Waals surface area contributed by atoms with Crippen LogP contribution in [0.1, 0.15) is 52.0 Å². The summed E-state index contributed by atoms with van der Waals surface area (Å²) in [6.45, 7) is 2.39. The Labute approximate surface area is 247 Å². The molecule has 1 heterocycles. The Balaban J connectivity index is 1.21. The van der Waals surface area contributed by atoms with Crippen molar-refractivity contribution in [3.05, 3.63) is 120 Å². The molecule has 1 saturated carbocycles. The number of anilines is 2. The standard InChI is InChI=1S/C35H36BN3O3/c1-36(42)38-32-16-9-21-35(32)22-23-39(31-15-8-5-12-27(31)24-35)34(41)26-17-19-28(20-18-26)37-33(40)30-14-7-6-13-29(30)25-10-3-2-4-11-25/h2-8,10-15,17-20,32,38,42H,9,16,21-24H2,1H3,(H,37,40). The Morgan fingerprint density at radius 1 is 0.881 bits per heavy atom. The van der Waals surface area contributed by atoms with Crippen LogP contribution in [0, 0.1) is 5.41 Å². The summed E-state index contributed by atoms with van der Waals surface area (Å²) in [4.78, 5) is 29.1. The molecule has 2 amide bonds. The predicted octanol–water partition coefficient (Wildman–Crippen LogP) is 6.44. The highest BCUT2D eigenvalue weighted by Gasteiger charge is 2.45. The van der Waals surface area contributed by atoms with Crippen LogP contribution in [0.5, 0.6) is 0 Å². The number of rotatable bonds is 6. The molecule has 212 valence electrons. The van der Waals surface area contributed by atoms with E-state index < -0.39 is 7.05 Å². The highest BCUT2D eigenvalue weighted by Crippen LogP contribution is 2.47. The molecular weight excluding hydrogens is 521 g/mol. The number of hydrogen-bond acceptors (Lipinski definition) is 4. The number of benzene rings is 4. The van der Waals surface area contributed by atoms with E-state index in [2.05, 4.69) is 16.6 Å². The van der Waals surface area contributed by atoms with Gasteiger partial charge in [-0.3, -0.25) is 9.59 Å². The van der Waals surface area contributed by atoms with Crippen molar-refractivity contribution in [2.45, 2.75) is 45.0 Å². The van der Waals surface area contributed by atoms with Gasteiger partial charge < -0.3 is 20.5 Å². The SMILES string of the molecule is CB(O)NC1CCCC12CCN(C(=O)c1ccc(NC(=O)c3ccccc3-c3ccccc3)cc1)c1ccccc1C2. The Bertz CT molecular complexity index is 1570. The van der Waals surface area contributed by atoms with Crippen LogP contribution in [0.15, 0.2) is 103 Å². The fourth-order valence-corrected chi connectivity index (χ4v) is 6.86. The number of para-hydroxylation sites is 1. The fraction of sp³-hybridized carbons (Fsp3) is 0.257. The first-order valence-corrected chi connectivity index (χ1v) is 14.8. The molecule has 7 heteroatoms. The average molecular weight is 558 g/mol. The first-order chi connectivity index (χ1) is 20.4. The minimum atomic E-state index is -0.563. The lowest BCUT2D eigenvalue weighted by molar-refractivity contribution is 0.0982. The van der Waals surface area contributed by atoms with Crippen LogP contribution < -0.4 is 15.4 Å². The molecule has 1 fully saturated rings. The maximum Gasteiger partial charge on any atom is 0.373 e. The van der Waals surface area contributed by atoms with Gasteiger partial charge in [0.15, 0.2) is 0 Å². The number of nitrogens with one attached hydrogen (secondary N) is 2. The van der Waals surface area contributed by atoms with Crippen molar-refractivity contribution in [3.8, 4) is 11.1 Å². The van der Waals surface area contributed by atoms with Gasteiger partial charge in [0.05, 0.1) is 0 Å². The van der Waals surface area contributed by atoms with Crippen molar-refractivity contribution in [3.63, 3.8) is 0 Å². The van der Waals surface area contributed by atoms with Crippen molar-refractivity contribution in [1.82, 2.24) is 5.23 Å². The van der Waals surface area contributed by atoms with Crippen molar-refractivity contribution in [1.29, 1.82) is 0 Å². The maximum absolute atomic E-state index is 13.9. The van der Waals surface area contributed by atoms with Gasteiger partial charge in [0.1, 0.15) is 0 Å². The van der Waals surface area contributed by atoms with Crippen LogP contribution in [0.2, 0.25) is 6.82 Å². The number of hydrogen-bond donors (Lipinski definition) is 3. The van der Waals surface area contributed by atoms with Crippen LogP contribution in [-0.4, -0.2) is 36.5 Å². The van der Waals surface area contributed by atoms with E-state index in [0.717, 1.165) is 48.9 Å². The summed E-state index contributed by atoms with van der Waals surface area (Å²) in [6, 6.07) is 33.0. The number of fused-ring (bicyclic) bond motifs is 1. The van der Waals surface area contributed by atoms with Gasteiger partial charge in [-0.15, -0.1) is 0 Å². The fourth-order valence-electron chi connectivity index (χ4n) is 6.86. The molecule has 0 aromatic heterocycles. The molecule has 4 aromatic rings. The summed E-state index contributed by atoms with van der Waals surface area (Å²) >= 11 is 0. The Kier molecular flexibility index (Phi) is 7.96. The second-order valence-electron chi connectivity index (χ2n) is 11.6. The summed E-state index contributed by atoms with van der Waals surface area (Å²) in [5.41, 5.74) is 5.78. The van der Waals surface area contributed by atoms with Gasteiger partial charge in [-0.2, -0.15) is 0 Å². The minimum absolute atomic E-state index is 0.00625. The molecule has 0 saturated heterocycles. The normalized spacial score (nSPS) is 19.7. The van der Waals surface area contributed by atoms with E-state index in [9.17, 15) is 14.6 Å². The molecule has 2 atom stereocenters. The molecule has 2 unspecified atom stereocenters. The third-order valence-electron chi connectivity index (χ3n) is 8.90. The molecule has 1 aliphatic carbocycles. The third-order valence-corrected chi connectivity index (χ3v) is 8.90. The molecule has 1 spiro atoms. The van der Waals surface area contributed by atoms with E-state index in [1.807, 2.05) is 77.7 Å². The molecule has 3 N–H and O–H groups in total. The topological polar surface area (TPSA) is 81.7 Å². The lowest BCUT2D eigenvalue weighted by Gasteiger charge is -2.36. The van der Waals surface area contributed by atoms with E-state index in [1.54, 1.807) is 31.1 Å². The summed E-state index contributed by atoms with van der Waals surface area (Å²) in [5.74, 6) is -0.248. The van der Waals surface area contributed by atoms with Gasteiger partial charge in [0.25, 0.3) is 11.8 Å². The second-order valence-corrected chi connectivity index (χ2v) is 11.6. The molecular formula is C35H36BN3O3. The van der Waals surface area contributed by atoms with E-state index >= 15 is 0 Å². The van der Waals surface area contributed by atoms with E-state index in [4.69, 9.17) is 0 Å². The zero-order valence-corrected chi connectivity index (χ0v) is 23.9. The molecule has 6 nitrogen and oxygen atoms in total. The largest absolute Gasteiger partial charge is 0.437 e. The minimum Gasteiger partial charge on any atom is -0.437 e. The molecule has 0 bridgehead atoms. The van der Waals surface area contributed by atoms with Gasteiger partial charge in [0, 0.05) is 35.1 Å². The molecule has 0 radical (unpaired) electrons. The van der Waals surface area contributed by atoms with Gasteiger partial charge in [0.2, 0.25) is 0 Å². The first kappa shape index (κ1) is 27.9. The zero-order valence-electron chi connectivity index (χ0n) is 23.9. The number of nitrogens with zero attached hydrogens (tertiary/aromatic N) is 1. The van der Waals surface area contributed by atoms with E-state index in [1.165, 1.54) is 5.56 Å². The van der Waals surface area contributed by atoms with Crippen LogP contribution >= 0.6 is 0 Å². The lowest BCUT2D eigenvalue weighted by Crippen LogP contribution is -2.49. The third kappa shape index (κ3) is 5.63. The molecule has 6 rings (SSSR count). The van der Waals surface area contributed by atoms with Gasteiger partial charge in [-0.1, -0.05) is 73.2 Å². The lowest BCUT2D eigenvalue weighted by atomic mass is 9.72. The van der Waals surface area contributed by atoms with E-state index in [-0.39, 0.29) is 23.3 Å². The Morgan fingerprint density at radius 3 is 2.38 bits per heavy atom. The quantitative estimate of drug-likeness (QED) is 0.239. The first-order valence-electron chi connectivity index (χ1n) is 14.8. The summed E-state index contributed by atoms with van der Waals surface area (Å²) in [7, 11) is -0.563. The van der Waals surface area contributed by atoms with Crippen LogP contribution in [-0.2, 0) is 6.42 Å². The van der Waals surface area contributed by atoms with Crippen LogP contribution in [0.25, 0.3) is 11.1 Å². The van der Waals surface area contributed by atoms with Gasteiger partial charge >= 0.3 is 7.05 Å².